The Balaban J connectivity index is 1.57. The summed E-state index contributed by atoms with van der Waals surface area (Å²) in [4.78, 5) is 0. The SMILES string of the molecule is Cn1cc(CCN2c3ccccc3N(CCc3cn(C)nn3)S2(=O)=O)nn1. The molecular formula is C16H20N8O2S. The number of aryl methyl sites for hydroxylation is 2. The Morgan fingerprint density at radius 3 is 1.63 bits per heavy atom. The van der Waals surface area contributed by atoms with Crippen molar-refractivity contribution >= 4 is 21.6 Å². The molecule has 11 heteroatoms. The van der Waals surface area contributed by atoms with Crippen molar-refractivity contribution in [3.8, 4) is 0 Å². The minimum absolute atomic E-state index is 0.305. The summed E-state index contributed by atoms with van der Waals surface area (Å²) in [6, 6.07) is 7.34. The van der Waals surface area contributed by atoms with Gasteiger partial charge in [-0.15, -0.1) is 10.2 Å². The molecule has 142 valence electrons. The molecule has 1 aromatic carbocycles. The summed E-state index contributed by atoms with van der Waals surface area (Å²) >= 11 is 0. The molecule has 4 rings (SSSR count). The Kier molecular flexibility index (Phi) is 4.30. The largest absolute Gasteiger partial charge is 0.326 e. The third kappa shape index (κ3) is 3.25. The molecule has 0 saturated heterocycles. The molecule has 0 atom stereocenters. The molecule has 2 aromatic heterocycles. The minimum atomic E-state index is -3.66. The Morgan fingerprint density at radius 1 is 0.815 bits per heavy atom. The number of anilines is 2. The molecular weight excluding hydrogens is 368 g/mol. The number of hydrogen-bond acceptors (Lipinski definition) is 6. The van der Waals surface area contributed by atoms with Gasteiger partial charge in [0.1, 0.15) is 0 Å². The summed E-state index contributed by atoms with van der Waals surface area (Å²) < 4.78 is 32.4. The zero-order valence-corrected chi connectivity index (χ0v) is 15.9. The number of nitrogens with zero attached hydrogens (tertiary/aromatic N) is 8. The first kappa shape index (κ1) is 17.5. The van der Waals surface area contributed by atoms with E-state index >= 15 is 0 Å². The average Bonchev–Trinajstić information content (AvgIpc) is 3.28. The molecule has 1 aliphatic heterocycles. The molecule has 0 N–H and O–H groups in total. The van der Waals surface area contributed by atoms with Crippen LogP contribution >= 0.6 is 0 Å². The molecule has 0 spiro atoms. The van der Waals surface area contributed by atoms with Crippen molar-refractivity contribution in [3.05, 3.63) is 48.0 Å². The molecule has 0 radical (unpaired) electrons. The topological polar surface area (TPSA) is 102 Å². The zero-order valence-electron chi connectivity index (χ0n) is 15.1. The first-order chi connectivity index (χ1) is 12.9. The Labute approximate surface area is 157 Å². The van der Waals surface area contributed by atoms with Crippen molar-refractivity contribution in [2.45, 2.75) is 12.8 Å². The van der Waals surface area contributed by atoms with Crippen LogP contribution in [0.1, 0.15) is 11.4 Å². The van der Waals surface area contributed by atoms with E-state index < -0.39 is 10.2 Å². The zero-order chi connectivity index (χ0) is 19.0. The normalized spacial score (nSPS) is 15.3. The van der Waals surface area contributed by atoms with E-state index in [2.05, 4.69) is 20.6 Å². The van der Waals surface area contributed by atoms with Crippen LogP contribution < -0.4 is 8.61 Å². The van der Waals surface area contributed by atoms with Crippen molar-refractivity contribution in [1.82, 2.24) is 30.0 Å². The van der Waals surface area contributed by atoms with Gasteiger partial charge in [0.2, 0.25) is 0 Å². The van der Waals surface area contributed by atoms with E-state index in [1.54, 1.807) is 35.9 Å². The van der Waals surface area contributed by atoms with Crippen LogP contribution in [0.3, 0.4) is 0 Å². The number of rotatable bonds is 6. The van der Waals surface area contributed by atoms with Crippen LogP contribution in [0.2, 0.25) is 0 Å². The van der Waals surface area contributed by atoms with Crippen LogP contribution in [0.4, 0.5) is 11.4 Å². The van der Waals surface area contributed by atoms with E-state index in [0.717, 1.165) is 11.4 Å². The van der Waals surface area contributed by atoms with Crippen LogP contribution in [0.5, 0.6) is 0 Å². The van der Waals surface area contributed by atoms with Crippen LogP contribution in [0.15, 0.2) is 36.7 Å². The van der Waals surface area contributed by atoms with Gasteiger partial charge in [-0.1, -0.05) is 22.6 Å². The Morgan fingerprint density at radius 2 is 1.26 bits per heavy atom. The summed E-state index contributed by atoms with van der Waals surface area (Å²) in [5.74, 6) is 0. The summed E-state index contributed by atoms with van der Waals surface area (Å²) in [7, 11) is -0.0883. The smallest absolute Gasteiger partial charge is 0.255 e. The Hall–Kier alpha value is -2.95. The third-order valence-corrected chi connectivity index (χ3v) is 6.29. The van der Waals surface area contributed by atoms with E-state index in [1.165, 1.54) is 8.61 Å². The van der Waals surface area contributed by atoms with E-state index in [4.69, 9.17) is 0 Å². The van der Waals surface area contributed by atoms with Crippen LogP contribution in [-0.2, 0) is 37.1 Å². The molecule has 0 bridgehead atoms. The van der Waals surface area contributed by atoms with Gasteiger partial charge in [0.05, 0.1) is 22.8 Å². The summed E-state index contributed by atoms with van der Waals surface area (Å²) in [6.45, 7) is 0.610. The molecule has 0 fully saturated rings. The number of aromatic nitrogens is 6. The van der Waals surface area contributed by atoms with Crippen LogP contribution in [-0.4, -0.2) is 51.5 Å². The molecule has 0 unspecified atom stereocenters. The number of fused-ring (bicyclic) bond motifs is 1. The minimum Gasteiger partial charge on any atom is -0.255 e. The molecule has 1 aliphatic rings. The van der Waals surface area contributed by atoms with Gasteiger partial charge in [-0.2, -0.15) is 8.42 Å². The summed E-state index contributed by atoms with van der Waals surface area (Å²) in [6.07, 6.45) is 4.56. The van der Waals surface area contributed by atoms with Gasteiger partial charge in [-0.05, 0) is 12.1 Å². The molecule has 27 heavy (non-hydrogen) atoms. The molecule has 3 aromatic rings. The number of benzene rings is 1. The second-order valence-corrected chi connectivity index (χ2v) is 8.19. The number of para-hydroxylation sites is 2. The predicted octanol–water partition coefficient (Wildman–Crippen LogP) is 0.300. The third-order valence-electron chi connectivity index (χ3n) is 4.42. The molecule has 3 heterocycles. The quantitative estimate of drug-likeness (QED) is 0.602. The second kappa shape index (κ2) is 6.65. The van der Waals surface area contributed by atoms with E-state index in [9.17, 15) is 8.42 Å². The highest BCUT2D eigenvalue weighted by molar-refractivity contribution is 7.94. The summed E-state index contributed by atoms with van der Waals surface area (Å²) in [5, 5.41) is 15.9. The fraction of sp³-hybridized carbons (Fsp3) is 0.375. The lowest BCUT2D eigenvalue weighted by Crippen LogP contribution is -2.40. The standard InChI is InChI=1S/C16H20N8O2S/c1-21-11-13(17-19-21)7-9-23-15-5-3-4-6-16(15)24(27(23,25)26)10-8-14-12-22(2)20-18-14/h3-6,11-12H,7-10H2,1-2H3. The first-order valence-electron chi connectivity index (χ1n) is 8.55. The molecule has 0 amide bonds. The fourth-order valence-corrected chi connectivity index (χ4v) is 4.86. The van der Waals surface area contributed by atoms with E-state index in [-0.39, 0.29) is 0 Å². The van der Waals surface area contributed by atoms with Crippen LogP contribution in [0, 0.1) is 0 Å². The van der Waals surface area contributed by atoms with Crippen molar-refractivity contribution in [3.63, 3.8) is 0 Å². The highest BCUT2D eigenvalue weighted by Crippen LogP contribution is 2.40. The monoisotopic (exact) mass is 388 g/mol. The van der Waals surface area contributed by atoms with Gasteiger partial charge >= 0.3 is 10.2 Å². The number of hydrogen-bond donors (Lipinski definition) is 0. The molecule has 0 aliphatic carbocycles. The van der Waals surface area contributed by atoms with Crippen molar-refractivity contribution in [2.24, 2.45) is 14.1 Å². The lowest BCUT2D eigenvalue weighted by molar-refractivity contribution is 0.588. The highest BCUT2D eigenvalue weighted by atomic mass is 32.2. The van der Waals surface area contributed by atoms with Gasteiger partial charge in [0.25, 0.3) is 0 Å². The van der Waals surface area contributed by atoms with E-state index in [0.29, 0.717) is 37.3 Å². The van der Waals surface area contributed by atoms with Crippen LogP contribution in [0.25, 0.3) is 0 Å². The lowest BCUT2D eigenvalue weighted by Gasteiger charge is -2.21. The first-order valence-corrected chi connectivity index (χ1v) is 9.94. The van der Waals surface area contributed by atoms with Gasteiger partial charge in [-0.3, -0.25) is 18.0 Å². The second-order valence-electron chi connectivity index (χ2n) is 6.41. The van der Waals surface area contributed by atoms with Gasteiger partial charge < -0.3 is 0 Å². The van der Waals surface area contributed by atoms with Crippen molar-refractivity contribution < 1.29 is 8.42 Å². The van der Waals surface area contributed by atoms with Crippen molar-refractivity contribution in [2.75, 3.05) is 21.7 Å². The molecule has 0 saturated carbocycles. The van der Waals surface area contributed by atoms with E-state index in [1.807, 2.05) is 24.3 Å². The van der Waals surface area contributed by atoms with Gasteiger partial charge in [0, 0.05) is 52.4 Å². The highest BCUT2D eigenvalue weighted by Gasteiger charge is 2.39. The van der Waals surface area contributed by atoms with Gasteiger partial charge in [-0.25, -0.2) is 0 Å². The Bertz CT molecular complexity index is 981. The fourth-order valence-electron chi connectivity index (χ4n) is 3.18. The lowest BCUT2D eigenvalue weighted by atomic mass is 10.2. The van der Waals surface area contributed by atoms with Crippen molar-refractivity contribution in [1.29, 1.82) is 0 Å². The molecule has 10 nitrogen and oxygen atoms in total. The summed E-state index contributed by atoms with van der Waals surface area (Å²) in [5.41, 5.74) is 2.87. The average molecular weight is 388 g/mol. The maximum absolute atomic E-state index is 13.2. The maximum atomic E-state index is 13.2. The maximum Gasteiger partial charge on any atom is 0.326 e. The van der Waals surface area contributed by atoms with Gasteiger partial charge in [0.15, 0.2) is 0 Å². The predicted molar refractivity (Wildman–Crippen MR) is 99.5 cm³/mol.